The molecule has 0 saturated carbocycles. The number of aryl methyl sites for hydroxylation is 1. The second-order valence-corrected chi connectivity index (χ2v) is 7.93. The van der Waals surface area contributed by atoms with Crippen LogP contribution in [0.5, 0.6) is 0 Å². The van der Waals surface area contributed by atoms with Crippen LogP contribution in [0, 0.1) is 6.92 Å². The first-order valence-corrected chi connectivity index (χ1v) is 9.28. The van der Waals surface area contributed by atoms with Gasteiger partial charge in [-0.25, -0.2) is 13.2 Å². The fraction of sp³-hybridized carbons (Fsp3) is 0.353. The fourth-order valence-electron chi connectivity index (χ4n) is 3.10. The molecule has 134 valence electrons. The zero-order valence-electron chi connectivity index (χ0n) is 14.0. The van der Waals surface area contributed by atoms with Gasteiger partial charge in [-0.1, -0.05) is 30.3 Å². The minimum atomic E-state index is -3.81. The average Bonchev–Trinajstić information content (AvgIpc) is 3.19. The Morgan fingerprint density at radius 1 is 1.28 bits per heavy atom. The molecule has 1 aliphatic rings. The number of rotatable bonds is 4. The molecule has 2 aromatic rings. The summed E-state index contributed by atoms with van der Waals surface area (Å²) in [5.74, 6) is -0.785. The Kier molecular flexibility index (Phi) is 4.68. The Balaban J connectivity index is 1.89. The first-order valence-electron chi connectivity index (χ1n) is 7.84. The average molecular weight is 364 g/mol. The van der Waals surface area contributed by atoms with Gasteiger partial charge in [0.2, 0.25) is 15.8 Å². The Hall–Kier alpha value is -2.16. The normalized spacial score (nSPS) is 21.4. The molecule has 1 aromatic carbocycles. The van der Waals surface area contributed by atoms with Crippen molar-refractivity contribution < 1.29 is 22.4 Å². The molecule has 8 heteroatoms. The Morgan fingerprint density at radius 3 is 2.60 bits per heavy atom. The number of benzene rings is 1. The second kappa shape index (κ2) is 6.62. The lowest BCUT2D eigenvalue weighted by molar-refractivity contribution is 0.0563. The molecule has 0 radical (unpaired) electrons. The van der Waals surface area contributed by atoms with Gasteiger partial charge in [0, 0.05) is 31.1 Å². The summed E-state index contributed by atoms with van der Waals surface area (Å²) in [7, 11) is -2.61. The van der Waals surface area contributed by atoms with Crippen molar-refractivity contribution in [3.63, 3.8) is 0 Å². The molecule has 2 N–H and O–H groups in total. The molecule has 2 heterocycles. The van der Waals surface area contributed by atoms with Gasteiger partial charge in [0.05, 0.1) is 7.11 Å². The smallest absolute Gasteiger partial charge is 0.373 e. The van der Waals surface area contributed by atoms with Gasteiger partial charge < -0.3 is 14.9 Å². The van der Waals surface area contributed by atoms with Crippen molar-refractivity contribution in [2.24, 2.45) is 5.73 Å². The Morgan fingerprint density at radius 2 is 1.96 bits per heavy atom. The number of carbonyl (C=O) groups excluding carboxylic acids is 1. The van der Waals surface area contributed by atoms with Crippen molar-refractivity contribution in [2.45, 2.75) is 23.8 Å². The van der Waals surface area contributed by atoms with E-state index in [0.717, 1.165) is 5.56 Å². The molecule has 0 bridgehead atoms. The topological polar surface area (TPSA) is 103 Å². The van der Waals surface area contributed by atoms with Crippen LogP contribution in [-0.4, -0.2) is 44.9 Å². The van der Waals surface area contributed by atoms with E-state index in [9.17, 15) is 13.2 Å². The second-order valence-electron chi connectivity index (χ2n) is 6.03. The molecule has 0 amide bonds. The highest BCUT2D eigenvalue weighted by atomic mass is 32.2. The molecule has 1 saturated heterocycles. The third-order valence-electron chi connectivity index (χ3n) is 4.44. The van der Waals surface area contributed by atoms with Crippen molar-refractivity contribution in [3.05, 3.63) is 53.5 Å². The van der Waals surface area contributed by atoms with E-state index in [0.29, 0.717) is 0 Å². The summed E-state index contributed by atoms with van der Waals surface area (Å²) in [6.45, 7) is 2.00. The van der Waals surface area contributed by atoms with E-state index in [-0.39, 0.29) is 41.5 Å². The third kappa shape index (κ3) is 3.20. The van der Waals surface area contributed by atoms with Crippen LogP contribution in [0.2, 0.25) is 0 Å². The molecule has 1 aromatic heterocycles. The molecule has 2 atom stereocenters. The molecular weight excluding hydrogens is 344 g/mol. The van der Waals surface area contributed by atoms with E-state index in [1.807, 2.05) is 30.3 Å². The standard InChI is InChI=1S/C17H20N2O5S/c1-11-16(8-15(24-11)17(20)23-2)25(21,22)19-9-13(14(18)10-19)12-6-4-3-5-7-12/h3-8,13-14H,9-10,18H2,1-2H3/t13-,14+/m0/s1. The molecule has 0 unspecified atom stereocenters. The van der Waals surface area contributed by atoms with Crippen molar-refractivity contribution in [1.29, 1.82) is 0 Å². The van der Waals surface area contributed by atoms with E-state index in [1.54, 1.807) is 0 Å². The summed E-state index contributed by atoms with van der Waals surface area (Å²) in [5, 5.41) is 0. The number of nitrogens with two attached hydrogens (primary N) is 1. The summed E-state index contributed by atoms with van der Waals surface area (Å²) in [6.07, 6.45) is 0. The highest BCUT2D eigenvalue weighted by Crippen LogP contribution is 2.32. The molecule has 0 aliphatic carbocycles. The van der Waals surface area contributed by atoms with Gasteiger partial charge in [0.15, 0.2) is 0 Å². The number of methoxy groups -OCH3 is 1. The minimum Gasteiger partial charge on any atom is -0.463 e. The van der Waals surface area contributed by atoms with Crippen LogP contribution in [0.4, 0.5) is 0 Å². The molecular formula is C17H20N2O5S. The lowest BCUT2D eigenvalue weighted by Crippen LogP contribution is -2.32. The van der Waals surface area contributed by atoms with Gasteiger partial charge in [-0.2, -0.15) is 4.31 Å². The Labute approximate surface area is 146 Å². The summed E-state index contributed by atoms with van der Waals surface area (Å²) >= 11 is 0. The van der Waals surface area contributed by atoms with E-state index in [1.165, 1.54) is 24.4 Å². The first-order chi connectivity index (χ1) is 11.8. The molecule has 1 aliphatic heterocycles. The lowest BCUT2D eigenvalue weighted by atomic mass is 9.95. The lowest BCUT2D eigenvalue weighted by Gasteiger charge is -2.16. The summed E-state index contributed by atoms with van der Waals surface area (Å²) < 4.78 is 37.1. The van der Waals surface area contributed by atoms with Gasteiger partial charge in [-0.3, -0.25) is 0 Å². The minimum absolute atomic E-state index is 0.0335. The van der Waals surface area contributed by atoms with Crippen LogP contribution >= 0.6 is 0 Å². The zero-order chi connectivity index (χ0) is 18.2. The van der Waals surface area contributed by atoms with E-state index >= 15 is 0 Å². The third-order valence-corrected chi connectivity index (χ3v) is 6.38. The predicted molar refractivity (Wildman–Crippen MR) is 90.7 cm³/mol. The van der Waals surface area contributed by atoms with Crippen molar-refractivity contribution in [2.75, 3.05) is 20.2 Å². The van der Waals surface area contributed by atoms with Crippen LogP contribution in [0.1, 0.15) is 27.8 Å². The maximum absolute atomic E-state index is 13.0. The maximum atomic E-state index is 13.0. The number of nitrogens with zero attached hydrogens (tertiary/aromatic N) is 1. The van der Waals surface area contributed by atoms with E-state index < -0.39 is 16.0 Å². The van der Waals surface area contributed by atoms with E-state index in [4.69, 9.17) is 10.2 Å². The number of hydrogen-bond donors (Lipinski definition) is 1. The van der Waals surface area contributed by atoms with Gasteiger partial charge in [-0.05, 0) is 12.5 Å². The monoisotopic (exact) mass is 364 g/mol. The van der Waals surface area contributed by atoms with Crippen molar-refractivity contribution in [1.82, 2.24) is 4.31 Å². The van der Waals surface area contributed by atoms with Crippen molar-refractivity contribution >= 4 is 16.0 Å². The summed E-state index contributed by atoms with van der Waals surface area (Å²) in [6, 6.07) is 10.5. The van der Waals surface area contributed by atoms with Crippen LogP contribution < -0.4 is 5.73 Å². The number of furan rings is 1. The summed E-state index contributed by atoms with van der Waals surface area (Å²) in [4.78, 5) is 11.5. The number of ether oxygens (including phenoxy) is 1. The fourth-order valence-corrected chi connectivity index (χ4v) is 4.77. The molecule has 0 spiro atoms. The predicted octanol–water partition coefficient (Wildman–Crippen LogP) is 1.49. The zero-order valence-corrected chi connectivity index (χ0v) is 14.8. The highest BCUT2D eigenvalue weighted by molar-refractivity contribution is 7.89. The van der Waals surface area contributed by atoms with E-state index in [2.05, 4.69) is 4.74 Å². The van der Waals surface area contributed by atoms with Gasteiger partial charge in [0.25, 0.3) is 0 Å². The molecule has 3 rings (SSSR count). The number of carbonyl (C=O) groups is 1. The van der Waals surface area contributed by atoms with Gasteiger partial charge >= 0.3 is 5.97 Å². The maximum Gasteiger partial charge on any atom is 0.373 e. The SMILES string of the molecule is COC(=O)c1cc(S(=O)(=O)N2C[C@@H](N)[C@H](c3ccccc3)C2)c(C)o1. The van der Waals surface area contributed by atoms with Crippen molar-refractivity contribution in [3.8, 4) is 0 Å². The quantitative estimate of drug-likeness (QED) is 0.825. The van der Waals surface area contributed by atoms with Gasteiger partial charge in [0.1, 0.15) is 10.7 Å². The largest absolute Gasteiger partial charge is 0.463 e. The highest BCUT2D eigenvalue weighted by Gasteiger charge is 2.40. The molecule has 7 nitrogen and oxygen atoms in total. The molecule has 25 heavy (non-hydrogen) atoms. The van der Waals surface area contributed by atoms with Gasteiger partial charge in [-0.15, -0.1) is 0 Å². The molecule has 1 fully saturated rings. The summed E-state index contributed by atoms with van der Waals surface area (Å²) in [5.41, 5.74) is 7.19. The van der Waals surface area contributed by atoms with Crippen LogP contribution in [0.25, 0.3) is 0 Å². The van der Waals surface area contributed by atoms with Crippen LogP contribution in [0.15, 0.2) is 45.7 Å². The number of esters is 1. The first kappa shape index (κ1) is 17.7. The number of sulfonamides is 1. The van der Waals surface area contributed by atoms with Crippen LogP contribution in [0.3, 0.4) is 0 Å². The number of hydrogen-bond acceptors (Lipinski definition) is 6. The van der Waals surface area contributed by atoms with Crippen LogP contribution in [-0.2, 0) is 14.8 Å². The Bertz CT molecular complexity index is 876.